The second-order valence-electron chi connectivity index (χ2n) is 7.04. The van der Waals surface area contributed by atoms with Crippen LogP contribution in [0.4, 0.5) is 0 Å². The summed E-state index contributed by atoms with van der Waals surface area (Å²) >= 11 is -1.76. The zero-order chi connectivity index (χ0) is 15.6. The van der Waals surface area contributed by atoms with Crippen LogP contribution in [0.5, 0.6) is 5.75 Å². The predicted octanol–water partition coefficient (Wildman–Crippen LogP) is 5.35. The van der Waals surface area contributed by atoms with E-state index >= 15 is 0 Å². The minimum atomic E-state index is -1.76. The molecule has 1 aromatic carbocycles. The molecule has 1 nitrogen and oxygen atoms in total. The zero-order valence-electron chi connectivity index (χ0n) is 14.9. The molecular formula is C18H28Cl2OSiTi. The van der Waals surface area contributed by atoms with Gasteiger partial charge >= 0.3 is 137 Å². The fourth-order valence-corrected chi connectivity index (χ4v) is 6.64. The van der Waals surface area contributed by atoms with Gasteiger partial charge in [0.1, 0.15) is 0 Å². The van der Waals surface area contributed by atoms with Gasteiger partial charge in [-0.2, -0.15) is 0 Å². The van der Waals surface area contributed by atoms with Crippen LogP contribution in [0.15, 0.2) is 40.3 Å². The first-order chi connectivity index (χ1) is 9.77. The van der Waals surface area contributed by atoms with Crippen molar-refractivity contribution in [2.75, 3.05) is 0 Å². The summed E-state index contributed by atoms with van der Waals surface area (Å²) in [5.74, 6) is 1.08. The molecule has 1 aliphatic rings. The van der Waals surface area contributed by atoms with Crippen LogP contribution >= 0.6 is 24.8 Å². The SMILES string of the molecule is C[C](C)=[Ti]([O]c1cc(C)cc([Si](C)(C)C)c1)[C]1=CC=CC1.Cl.Cl. The summed E-state index contributed by atoms with van der Waals surface area (Å²) < 4.78 is 9.51. The molecule has 0 atom stereocenters. The van der Waals surface area contributed by atoms with Gasteiger partial charge in [0.25, 0.3) is 0 Å². The molecule has 2 rings (SSSR count). The van der Waals surface area contributed by atoms with Crippen LogP contribution in [0.25, 0.3) is 0 Å². The van der Waals surface area contributed by atoms with E-state index in [0.717, 1.165) is 12.2 Å². The van der Waals surface area contributed by atoms with Crippen LogP contribution in [0.3, 0.4) is 0 Å². The molecule has 0 amide bonds. The minimum Gasteiger partial charge on any atom is -0.147 e. The Morgan fingerprint density at radius 3 is 2.22 bits per heavy atom. The number of hydrogen-bond acceptors (Lipinski definition) is 1. The van der Waals surface area contributed by atoms with E-state index < -0.39 is 25.9 Å². The zero-order valence-corrected chi connectivity index (χ0v) is 19.1. The van der Waals surface area contributed by atoms with E-state index in [2.05, 4.69) is 76.8 Å². The van der Waals surface area contributed by atoms with Crippen molar-refractivity contribution < 1.29 is 21.1 Å². The van der Waals surface area contributed by atoms with Crippen molar-refractivity contribution in [1.29, 1.82) is 0 Å². The first kappa shape index (κ1) is 22.9. The summed E-state index contributed by atoms with van der Waals surface area (Å²) in [5.41, 5.74) is 1.31. The Morgan fingerprint density at radius 2 is 1.74 bits per heavy atom. The maximum Gasteiger partial charge on any atom is -0.147 e. The third-order valence-corrected chi connectivity index (χ3v) is 9.27. The third kappa shape index (κ3) is 6.36. The van der Waals surface area contributed by atoms with Gasteiger partial charge in [0.2, 0.25) is 0 Å². The number of allylic oxidation sites excluding steroid dienone is 4. The van der Waals surface area contributed by atoms with E-state index in [9.17, 15) is 0 Å². The number of halogens is 2. The van der Waals surface area contributed by atoms with E-state index in [1.54, 1.807) is 0 Å². The molecule has 0 fully saturated rings. The molecule has 0 spiro atoms. The van der Waals surface area contributed by atoms with Crippen molar-refractivity contribution in [1.82, 2.24) is 0 Å². The molecule has 0 N–H and O–H groups in total. The third-order valence-electron chi connectivity index (χ3n) is 3.65. The molecule has 0 aliphatic heterocycles. The summed E-state index contributed by atoms with van der Waals surface area (Å²) in [4.78, 5) is 0. The number of hydrogen-bond donors (Lipinski definition) is 0. The van der Waals surface area contributed by atoms with Crippen molar-refractivity contribution >= 4 is 41.9 Å². The topological polar surface area (TPSA) is 9.23 Å². The molecule has 0 bridgehead atoms. The van der Waals surface area contributed by atoms with Crippen molar-refractivity contribution in [3.63, 3.8) is 0 Å². The second-order valence-corrected chi connectivity index (χ2v) is 16.0. The van der Waals surface area contributed by atoms with Crippen molar-refractivity contribution in [2.45, 2.75) is 46.8 Å². The molecule has 0 saturated carbocycles. The molecule has 1 aliphatic carbocycles. The number of rotatable bonds is 4. The second kappa shape index (κ2) is 9.39. The Kier molecular flexibility index (Phi) is 9.34. The summed E-state index contributed by atoms with van der Waals surface area (Å²) in [6, 6.07) is 6.82. The maximum atomic E-state index is 6.52. The maximum absolute atomic E-state index is 6.52. The molecule has 0 unspecified atom stereocenters. The average Bonchev–Trinajstić information content (AvgIpc) is 2.87. The van der Waals surface area contributed by atoms with E-state index in [4.69, 9.17) is 3.32 Å². The normalized spacial score (nSPS) is 12.9. The molecule has 0 radical (unpaired) electrons. The van der Waals surface area contributed by atoms with Crippen molar-refractivity contribution in [3.05, 3.63) is 45.9 Å². The monoisotopic (exact) mass is 406 g/mol. The number of benzene rings is 1. The smallest absolute Gasteiger partial charge is 0.147 e. The molecule has 0 heterocycles. The van der Waals surface area contributed by atoms with Crippen molar-refractivity contribution in [3.8, 4) is 5.75 Å². The standard InChI is InChI=1S/C10H16OSi.C5H5.C3H6.2ClH.Ti/c1-8-5-9(11)7-10(6-8)12(2,3)4;1-2-4-5-3-1;1-3-2;;;/h5-7,11H,1-4H3;1-3H,4H2;1-2H3;2*1H;/q;;;;;+1/p-1. The predicted molar refractivity (Wildman–Crippen MR) is 107 cm³/mol. The van der Waals surface area contributed by atoms with Crippen LogP contribution in [0.1, 0.15) is 25.8 Å². The summed E-state index contributed by atoms with van der Waals surface area (Å²) in [5, 5.41) is 1.49. The first-order valence-electron chi connectivity index (χ1n) is 7.61. The quantitative estimate of drug-likeness (QED) is 0.612. The Bertz CT molecular complexity index is 639. The van der Waals surface area contributed by atoms with Crippen LogP contribution in [-0.4, -0.2) is 11.9 Å². The Balaban J connectivity index is 0.00000242. The fourth-order valence-electron chi connectivity index (χ4n) is 2.46. The van der Waals surface area contributed by atoms with E-state index in [1.807, 2.05) is 0 Å². The van der Waals surface area contributed by atoms with E-state index in [-0.39, 0.29) is 24.8 Å². The van der Waals surface area contributed by atoms with Crippen LogP contribution in [-0.2, 0) is 17.8 Å². The van der Waals surface area contributed by atoms with Crippen LogP contribution in [0, 0.1) is 6.92 Å². The molecule has 23 heavy (non-hydrogen) atoms. The van der Waals surface area contributed by atoms with Gasteiger partial charge in [-0.05, 0) is 0 Å². The van der Waals surface area contributed by atoms with E-state index in [1.165, 1.54) is 18.4 Å². The van der Waals surface area contributed by atoms with Gasteiger partial charge in [-0.25, -0.2) is 0 Å². The van der Waals surface area contributed by atoms with Crippen LogP contribution < -0.4 is 8.51 Å². The van der Waals surface area contributed by atoms with Crippen molar-refractivity contribution in [2.24, 2.45) is 0 Å². The van der Waals surface area contributed by atoms with Crippen LogP contribution in [0.2, 0.25) is 19.6 Å². The largest absolute Gasteiger partial charge is 0.147 e. The first-order valence-corrected chi connectivity index (χ1v) is 13.3. The van der Waals surface area contributed by atoms with Gasteiger partial charge in [-0.3, -0.25) is 0 Å². The Hall–Kier alpha value is -0.119. The van der Waals surface area contributed by atoms with Gasteiger partial charge in [-0.15, -0.1) is 24.8 Å². The summed E-state index contributed by atoms with van der Waals surface area (Å²) in [7, 11) is -1.30. The molecule has 1 aromatic rings. The average molecular weight is 407 g/mol. The summed E-state index contributed by atoms with van der Waals surface area (Å²) in [6.07, 6.45) is 7.74. The molecular weight excluding hydrogens is 379 g/mol. The minimum absolute atomic E-state index is 0. The Morgan fingerprint density at radius 1 is 1.09 bits per heavy atom. The number of aryl methyl sites for hydroxylation is 1. The van der Waals surface area contributed by atoms with Gasteiger partial charge in [0.15, 0.2) is 0 Å². The van der Waals surface area contributed by atoms with Gasteiger partial charge in [0, 0.05) is 0 Å². The molecule has 128 valence electrons. The van der Waals surface area contributed by atoms with Gasteiger partial charge < -0.3 is 0 Å². The molecule has 5 heteroatoms. The van der Waals surface area contributed by atoms with Gasteiger partial charge in [-0.1, -0.05) is 0 Å². The summed E-state index contributed by atoms with van der Waals surface area (Å²) in [6.45, 7) is 13.8. The Labute approximate surface area is 160 Å². The fraction of sp³-hybridized carbons (Fsp3) is 0.389. The van der Waals surface area contributed by atoms with Gasteiger partial charge in [0.05, 0.1) is 0 Å². The molecule has 0 aromatic heterocycles. The van der Waals surface area contributed by atoms with E-state index in [0.29, 0.717) is 0 Å². The molecule has 0 saturated heterocycles.